The molecule has 0 atom stereocenters. The van der Waals surface area contributed by atoms with Crippen LogP contribution in [0, 0.1) is 0 Å². The summed E-state index contributed by atoms with van der Waals surface area (Å²) in [5.74, 6) is -0.358. The standard InChI is InChI=1S/C17H15NO2/c1-3-16(19)18(2)15-12-8-7-11-14(15)17(20)13-9-5-4-6-10-13/h3-12H,1H2,2H3. The number of ketones is 1. The van der Waals surface area contributed by atoms with E-state index in [0.717, 1.165) is 0 Å². The fourth-order valence-electron chi connectivity index (χ4n) is 1.96. The molecule has 0 aromatic heterocycles. The van der Waals surface area contributed by atoms with Crippen molar-refractivity contribution in [1.29, 1.82) is 0 Å². The van der Waals surface area contributed by atoms with Crippen LogP contribution >= 0.6 is 0 Å². The molecule has 0 heterocycles. The SMILES string of the molecule is C=CC(=O)N(C)c1ccccc1C(=O)c1ccccc1. The van der Waals surface area contributed by atoms with E-state index in [0.29, 0.717) is 16.8 Å². The highest BCUT2D eigenvalue weighted by molar-refractivity contribution is 6.14. The normalized spacial score (nSPS) is 9.85. The maximum absolute atomic E-state index is 12.5. The second kappa shape index (κ2) is 5.97. The van der Waals surface area contributed by atoms with E-state index in [1.165, 1.54) is 11.0 Å². The van der Waals surface area contributed by atoms with Crippen molar-refractivity contribution in [3.63, 3.8) is 0 Å². The summed E-state index contributed by atoms with van der Waals surface area (Å²) in [6.07, 6.45) is 1.23. The second-order valence-electron chi connectivity index (χ2n) is 4.31. The molecule has 0 saturated heterocycles. The van der Waals surface area contributed by atoms with Crippen molar-refractivity contribution in [1.82, 2.24) is 0 Å². The van der Waals surface area contributed by atoms with Crippen LogP contribution in [0.2, 0.25) is 0 Å². The van der Waals surface area contributed by atoms with Gasteiger partial charge in [0.2, 0.25) is 5.91 Å². The number of benzene rings is 2. The Kier molecular flexibility index (Phi) is 4.11. The van der Waals surface area contributed by atoms with Crippen molar-refractivity contribution in [3.8, 4) is 0 Å². The number of rotatable bonds is 4. The van der Waals surface area contributed by atoms with E-state index in [2.05, 4.69) is 6.58 Å². The third-order valence-electron chi connectivity index (χ3n) is 3.05. The number of likely N-dealkylation sites (N-methyl/N-ethyl adjacent to an activating group) is 1. The summed E-state index contributed by atoms with van der Waals surface area (Å²) < 4.78 is 0. The van der Waals surface area contributed by atoms with E-state index in [4.69, 9.17) is 0 Å². The van der Waals surface area contributed by atoms with Crippen LogP contribution in [0.4, 0.5) is 5.69 Å². The van der Waals surface area contributed by atoms with Crippen LogP contribution in [0.15, 0.2) is 67.3 Å². The van der Waals surface area contributed by atoms with Crippen molar-refractivity contribution < 1.29 is 9.59 Å². The monoisotopic (exact) mass is 265 g/mol. The molecule has 2 aromatic rings. The minimum absolute atomic E-state index is 0.107. The van der Waals surface area contributed by atoms with Crippen molar-refractivity contribution in [2.45, 2.75) is 0 Å². The molecular formula is C17H15NO2. The molecule has 2 aromatic carbocycles. The molecule has 3 nitrogen and oxygen atoms in total. The van der Waals surface area contributed by atoms with E-state index in [1.54, 1.807) is 43.4 Å². The molecule has 2 rings (SSSR count). The molecule has 0 N–H and O–H groups in total. The van der Waals surface area contributed by atoms with Gasteiger partial charge in [-0.3, -0.25) is 9.59 Å². The fourth-order valence-corrected chi connectivity index (χ4v) is 1.96. The molecular weight excluding hydrogens is 250 g/mol. The Morgan fingerprint density at radius 1 is 1.00 bits per heavy atom. The summed E-state index contributed by atoms with van der Waals surface area (Å²) in [4.78, 5) is 25.7. The molecule has 0 aliphatic rings. The van der Waals surface area contributed by atoms with Gasteiger partial charge < -0.3 is 4.90 Å². The molecule has 0 fully saturated rings. The number of hydrogen-bond donors (Lipinski definition) is 0. The predicted molar refractivity (Wildman–Crippen MR) is 79.9 cm³/mol. The summed E-state index contributed by atoms with van der Waals surface area (Å²) in [7, 11) is 1.63. The molecule has 0 aliphatic carbocycles. The number of carbonyl (C=O) groups excluding carboxylic acids is 2. The average molecular weight is 265 g/mol. The molecule has 1 amide bonds. The molecule has 100 valence electrons. The number of anilines is 1. The topological polar surface area (TPSA) is 37.4 Å². The minimum atomic E-state index is -0.252. The Hall–Kier alpha value is -2.68. The Balaban J connectivity index is 2.45. The van der Waals surface area contributed by atoms with Gasteiger partial charge >= 0.3 is 0 Å². The third kappa shape index (κ3) is 2.67. The van der Waals surface area contributed by atoms with Crippen molar-refractivity contribution in [2.75, 3.05) is 11.9 Å². The van der Waals surface area contributed by atoms with Crippen molar-refractivity contribution >= 4 is 17.4 Å². The largest absolute Gasteiger partial charge is 0.311 e. The van der Waals surface area contributed by atoms with Gasteiger partial charge in [0.25, 0.3) is 0 Å². The average Bonchev–Trinajstić information content (AvgIpc) is 2.53. The van der Waals surface area contributed by atoms with Gasteiger partial charge in [0.1, 0.15) is 0 Å². The molecule has 0 aliphatic heterocycles. The van der Waals surface area contributed by atoms with Crippen LogP contribution in [0.1, 0.15) is 15.9 Å². The Labute approximate surface area is 118 Å². The Bertz CT molecular complexity index is 647. The van der Waals surface area contributed by atoms with Gasteiger partial charge in [0, 0.05) is 18.2 Å². The minimum Gasteiger partial charge on any atom is -0.311 e. The molecule has 0 bridgehead atoms. The highest BCUT2D eigenvalue weighted by atomic mass is 16.2. The highest BCUT2D eigenvalue weighted by Crippen LogP contribution is 2.22. The van der Waals surface area contributed by atoms with E-state index in [9.17, 15) is 9.59 Å². The lowest BCUT2D eigenvalue weighted by Gasteiger charge is -2.18. The number of para-hydroxylation sites is 1. The molecule has 20 heavy (non-hydrogen) atoms. The Morgan fingerprint density at radius 3 is 2.25 bits per heavy atom. The highest BCUT2D eigenvalue weighted by Gasteiger charge is 2.17. The number of hydrogen-bond acceptors (Lipinski definition) is 2. The van der Waals surface area contributed by atoms with Gasteiger partial charge in [0.05, 0.1) is 5.69 Å². The van der Waals surface area contributed by atoms with E-state index in [1.807, 2.05) is 18.2 Å². The van der Waals surface area contributed by atoms with Crippen LogP contribution in [-0.2, 0) is 4.79 Å². The summed E-state index contributed by atoms with van der Waals surface area (Å²) in [6.45, 7) is 3.46. The maximum Gasteiger partial charge on any atom is 0.250 e. The van der Waals surface area contributed by atoms with Crippen molar-refractivity contribution in [2.24, 2.45) is 0 Å². The molecule has 0 unspecified atom stereocenters. The van der Waals surface area contributed by atoms with Gasteiger partial charge in [-0.05, 0) is 18.2 Å². The van der Waals surface area contributed by atoms with Crippen LogP contribution in [-0.4, -0.2) is 18.7 Å². The first-order chi connectivity index (χ1) is 9.65. The molecule has 0 radical (unpaired) electrons. The summed E-state index contributed by atoms with van der Waals surface area (Å²) >= 11 is 0. The lowest BCUT2D eigenvalue weighted by atomic mass is 10.0. The van der Waals surface area contributed by atoms with Crippen LogP contribution in [0.25, 0.3) is 0 Å². The number of nitrogens with zero attached hydrogens (tertiary/aromatic N) is 1. The van der Waals surface area contributed by atoms with Gasteiger partial charge in [-0.25, -0.2) is 0 Å². The molecule has 0 saturated carbocycles. The van der Waals surface area contributed by atoms with E-state index >= 15 is 0 Å². The second-order valence-corrected chi connectivity index (χ2v) is 4.31. The van der Waals surface area contributed by atoms with Crippen LogP contribution in [0.5, 0.6) is 0 Å². The molecule has 3 heteroatoms. The summed E-state index contributed by atoms with van der Waals surface area (Å²) in [6, 6.07) is 16.0. The quantitative estimate of drug-likeness (QED) is 0.629. The third-order valence-corrected chi connectivity index (χ3v) is 3.05. The maximum atomic E-state index is 12.5. The first kappa shape index (κ1) is 13.7. The zero-order valence-electron chi connectivity index (χ0n) is 11.2. The number of carbonyl (C=O) groups is 2. The van der Waals surface area contributed by atoms with E-state index < -0.39 is 0 Å². The van der Waals surface area contributed by atoms with Gasteiger partial charge in [0.15, 0.2) is 5.78 Å². The van der Waals surface area contributed by atoms with E-state index in [-0.39, 0.29) is 11.7 Å². The van der Waals surface area contributed by atoms with Gasteiger partial charge in [-0.15, -0.1) is 0 Å². The lowest BCUT2D eigenvalue weighted by Crippen LogP contribution is -2.25. The summed E-state index contributed by atoms with van der Waals surface area (Å²) in [5, 5.41) is 0. The summed E-state index contributed by atoms with van der Waals surface area (Å²) in [5.41, 5.74) is 1.67. The predicted octanol–water partition coefficient (Wildman–Crippen LogP) is 3.07. The van der Waals surface area contributed by atoms with Crippen LogP contribution in [0.3, 0.4) is 0 Å². The number of amides is 1. The van der Waals surface area contributed by atoms with Gasteiger partial charge in [-0.2, -0.15) is 0 Å². The Morgan fingerprint density at radius 2 is 1.60 bits per heavy atom. The molecule has 0 spiro atoms. The lowest BCUT2D eigenvalue weighted by molar-refractivity contribution is -0.113. The smallest absolute Gasteiger partial charge is 0.250 e. The van der Waals surface area contributed by atoms with Crippen molar-refractivity contribution in [3.05, 3.63) is 78.4 Å². The fraction of sp³-hybridized carbons (Fsp3) is 0.0588. The first-order valence-electron chi connectivity index (χ1n) is 6.24. The van der Waals surface area contributed by atoms with Gasteiger partial charge in [-0.1, -0.05) is 49.0 Å². The zero-order chi connectivity index (χ0) is 14.5. The first-order valence-corrected chi connectivity index (χ1v) is 6.24. The van der Waals surface area contributed by atoms with Crippen LogP contribution < -0.4 is 4.90 Å². The zero-order valence-corrected chi connectivity index (χ0v) is 11.2.